The number of nitrogens with zero attached hydrogens (tertiary/aromatic N) is 1. The molecule has 0 saturated carbocycles. The van der Waals surface area contributed by atoms with Gasteiger partial charge in [-0.3, -0.25) is 0 Å². The zero-order valence-corrected chi connectivity index (χ0v) is 21.3. The molecule has 0 amide bonds. The van der Waals surface area contributed by atoms with Crippen LogP contribution in [-0.2, 0) is 5.60 Å². The van der Waals surface area contributed by atoms with Crippen LogP contribution < -0.4 is 31.3 Å². The zero-order chi connectivity index (χ0) is 22.9. The summed E-state index contributed by atoms with van der Waals surface area (Å²) in [6.07, 6.45) is 2.60. The Hall–Kier alpha value is -2.54. The lowest BCUT2D eigenvalue weighted by atomic mass is 9.57. The van der Waals surface area contributed by atoms with Crippen LogP contribution in [0, 0.1) is 5.41 Å². The van der Waals surface area contributed by atoms with Crippen molar-refractivity contribution in [3.8, 4) is 17.2 Å². The Morgan fingerprint density at radius 1 is 0.706 bits per heavy atom. The summed E-state index contributed by atoms with van der Waals surface area (Å²) >= 11 is 0. The Labute approximate surface area is 212 Å². The Balaban J connectivity index is 0.00000274. The average molecular weight is 526 g/mol. The lowest BCUT2D eigenvalue weighted by Crippen LogP contribution is -3.00. The summed E-state index contributed by atoms with van der Waals surface area (Å²) in [4.78, 5) is 6.49. The van der Waals surface area contributed by atoms with E-state index in [4.69, 9.17) is 14.3 Å². The van der Waals surface area contributed by atoms with Gasteiger partial charge in [-0.15, -0.1) is 4.65 Å². The number of ether oxygens (including phenoxy) is 2. The van der Waals surface area contributed by atoms with Gasteiger partial charge in [0.25, 0.3) is 0 Å². The minimum absolute atomic E-state index is 0. The van der Waals surface area contributed by atoms with Crippen molar-refractivity contribution >= 4 is 0 Å². The van der Waals surface area contributed by atoms with Crippen LogP contribution in [0.2, 0.25) is 0 Å². The Morgan fingerprint density at radius 2 is 1.18 bits per heavy atom. The van der Waals surface area contributed by atoms with Gasteiger partial charge < -0.3 is 36.4 Å². The molecule has 6 heteroatoms. The zero-order valence-electron chi connectivity index (χ0n) is 19.7. The molecular weight excluding hydrogens is 494 g/mol. The SMILES string of the molecule is COc1cccc(C(O)(c2cccc(OC)c2)C23CC[N+](Oc4ccccc4)(CC2)CC3)c1.[Br-]. The van der Waals surface area contributed by atoms with Gasteiger partial charge in [-0.1, -0.05) is 42.5 Å². The molecule has 0 radical (unpaired) electrons. The number of piperidine rings is 3. The number of halogens is 1. The van der Waals surface area contributed by atoms with E-state index in [2.05, 4.69) is 0 Å². The summed E-state index contributed by atoms with van der Waals surface area (Å²) < 4.78 is 11.7. The maximum absolute atomic E-state index is 12.7. The Bertz CT molecular complexity index is 1050. The number of aliphatic hydroxyl groups is 1. The van der Waals surface area contributed by atoms with Crippen LogP contribution in [-0.4, -0.2) is 43.6 Å². The molecule has 0 atom stereocenters. The van der Waals surface area contributed by atoms with Crippen molar-refractivity contribution < 1.29 is 41.0 Å². The van der Waals surface area contributed by atoms with E-state index in [0.29, 0.717) is 4.65 Å². The van der Waals surface area contributed by atoms with Crippen molar-refractivity contribution in [2.45, 2.75) is 24.9 Å². The number of hydroxylamine groups is 3. The highest BCUT2D eigenvalue weighted by atomic mass is 79.9. The third-order valence-corrected chi connectivity index (χ3v) is 7.78. The Kier molecular flexibility index (Phi) is 6.94. The molecule has 5 nitrogen and oxygen atoms in total. The second kappa shape index (κ2) is 9.61. The summed E-state index contributed by atoms with van der Waals surface area (Å²) in [5.74, 6) is 2.39. The number of benzene rings is 3. The number of quaternary nitrogens is 1. The fourth-order valence-corrected chi connectivity index (χ4v) is 5.82. The van der Waals surface area contributed by atoms with Crippen molar-refractivity contribution in [3.63, 3.8) is 0 Å². The van der Waals surface area contributed by atoms with Crippen molar-refractivity contribution in [1.29, 1.82) is 0 Å². The molecule has 3 aliphatic heterocycles. The number of para-hydroxylation sites is 1. The van der Waals surface area contributed by atoms with Crippen LogP contribution in [0.1, 0.15) is 30.4 Å². The number of hydrogen-bond donors (Lipinski definition) is 1. The van der Waals surface area contributed by atoms with E-state index < -0.39 is 5.60 Å². The molecule has 3 fully saturated rings. The van der Waals surface area contributed by atoms with E-state index in [9.17, 15) is 5.11 Å². The molecule has 34 heavy (non-hydrogen) atoms. The standard InChI is InChI=1S/C28H32NO4.BrH/c1-31-25-12-6-8-22(20-25)28(30,23-9-7-13-26(21-23)32-2)27-14-17-29(18-15-27,19-16-27)33-24-10-4-3-5-11-24;/h3-13,20-21,30H,14-19H2,1-2H3;1H/q+1;/p-1. The van der Waals surface area contributed by atoms with Gasteiger partial charge in [-0.2, -0.15) is 0 Å². The van der Waals surface area contributed by atoms with E-state index in [1.165, 1.54) is 0 Å². The maximum Gasteiger partial charge on any atom is 0.190 e. The summed E-state index contributed by atoms with van der Waals surface area (Å²) in [6.45, 7) is 2.60. The first-order valence-corrected chi connectivity index (χ1v) is 11.6. The highest BCUT2D eigenvalue weighted by Crippen LogP contribution is 2.58. The van der Waals surface area contributed by atoms with Gasteiger partial charge in [0.1, 0.15) is 36.7 Å². The van der Waals surface area contributed by atoms with Crippen LogP contribution in [0.25, 0.3) is 0 Å². The third kappa shape index (κ3) is 4.08. The first-order valence-electron chi connectivity index (χ1n) is 11.6. The molecule has 180 valence electrons. The molecule has 6 rings (SSSR count). The van der Waals surface area contributed by atoms with Crippen LogP contribution in [0.3, 0.4) is 0 Å². The Morgan fingerprint density at radius 3 is 1.65 bits per heavy atom. The number of rotatable bonds is 7. The van der Waals surface area contributed by atoms with Crippen molar-refractivity contribution in [1.82, 2.24) is 0 Å². The molecule has 0 aliphatic carbocycles. The van der Waals surface area contributed by atoms with Crippen LogP contribution in [0.15, 0.2) is 78.9 Å². The maximum atomic E-state index is 12.7. The van der Waals surface area contributed by atoms with E-state index in [1.54, 1.807) is 14.2 Å². The fourth-order valence-electron chi connectivity index (χ4n) is 5.82. The van der Waals surface area contributed by atoms with Gasteiger partial charge in [0.2, 0.25) is 0 Å². The normalized spacial score (nSPS) is 23.6. The number of fused-ring (bicyclic) bond motifs is 3. The summed E-state index contributed by atoms with van der Waals surface area (Å²) in [7, 11) is 3.33. The number of hydrogen-bond acceptors (Lipinski definition) is 4. The predicted octanol–water partition coefficient (Wildman–Crippen LogP) is 1.94. The summed E-state index contributed by atoms with van der Waals surface area (Å²) in [5.41, 5.74) is 0.257. The third-order valence-electron chi connectivity index (χ3n) is 7.78. The van der Waals surface area contributed by atoms with E-state index in [1.807, 2.05) is 78.9 Å². The second-order valence-electron chi connectivity index (χ2n) is 9.34. The smallest absolute Gasteiger partial charge is 0.190 e. The van der Waals surface area contributed by atoms with Gasteiger partial charge in [0, 0.05) is 24.7 Å². The quantitative estimate of drug-likeness (QED) is 0.479. The van der Waals surface area contributed by atoms with Gasteiger partial charge in [0.05, 0.1) is 14.2 Å². The molecule has 3 aromatic carbocycles. The molecule has 1 N–H and O–H groups in total. The lowest BCUT2D eigenvalue weighted by molar-refractivity contribution is -1.09. The van der Waals surface area contributed by atoms with Crippen molar-refractivity contribution in [2.75, 3.05) is 33.9 Å². The highest BCUT2D eigenvalue weighted by molar-refractivity contribution is 5.45. The lowest BCUT2D eigenvalue weighted by Gasteiger charge is -2.58. The van der Waals surface area contributed by atoms with Crippen LogP contribution in [0.5, 0.6) is 17.2 Å². The van der Waals surface area contributed by atoms with Crippen molar-refractivity contribution in [2.24, 2.45) is 5.41 Å². The first kappa shape index (κ1) is 24.6. The average Bonchev–Trinajstić information content (AvgIpc) is 2.89. The second-order valence-corrected chi connectivity index (χ2v) is 9.34. The van der Waals surface area contributed by atoms with Gasteiger partial charge in [0.15, 0.2) is 5.75 Å². The molecule has 0 spiro atoms. The number of methoxy groups -OCH3 is 2. The summed E-state index contributed by atoms with van der Waals surface area (Å²) in [5, 5.41) is 12.7. The van der Waals surface area contributed by atoms with Gasteiger partial charge in [-0.25, -0.2) is 0 Å². The summed E-state index contributed by atoms with van der Waals surface area (Å²) in [6, 6.07) is 25.8. The molecule has 3 aromatic rings. The fraction of sp³-hybridized carbons (Fsp3) is 0.357. The van der Waals surface area contributed by atoms with Crippen LogP contribution in [0.4, 0.5) is 0 Å². The molecule has 3 saturated heterocycles. The minimum atomic E-state index is -1.17. The monoisotopic (exact) mass is 525 g/mol. The first-order chi connectivity index (χ1) is 16.0. The van der Waals surface area contributed by atoms with Crippen LogP contribution >= 0.6 is 0 Å². The molecule has 3 aliphatic rings. The van der Waals surface area contributed by atoms with E-state index >= 15 is 0 Å². The topological polar surface area (TPSA) is 47.9 Å². The van der Waals surface area contributed by atoms with Crippen molar-refractivity contribution in [3.05, 3.63) is 90.0 Å². The highest BCUT2D eigenvalue weighted by Gasteiger charge is 2.61. The van der Waals surface area contributed by atoms with Gasteiger partial charge in [-0.05, 0) is 47.5 Å². The minimum Gasteiger partial charge on any atom is -1.00 e. The molecular formula is C28H32BrNO4. The van der Waals surface area contributed by atoms with Gasteiger partial charge >= 0.3 is 0 Å². The largest absolute Gasteiger partial charge is 1.00 e. The molecule has 0 unspecified atom stereocenters. The predicted molar refractivity (Wildman–Crippen MR) is 127 cm³/mol. The molecule has 0 aromatic heterocycles. The molecule has 3 heterocycles. The van der Waals surface area contributed by atoms with E-state index in [0.717, 1.165) is 67.3 Å². The van der Waals surface area contributed by atoms with E-state index in [-0.39, 0.29) is 22.4 Å². The molecule has 2 bridgehead atoms.